The Kier molecular flexibility index (Phi) is 3.38. The number of aromatic nitrogens is 4. The Hall–Kier alpha value is -3.94. The first-order valence-corrected chi connectivity index (χ1v) is 6.93. The zero-order valence-corrected chi connectivity index (χ0v) is 13.2. The number of rotatable bonds is 2. The molecule has 11 heteroatoms. The summed E-state index contributed by atoms with van der Waals surface area (Å²) < 4.78 is 2.63. The summed E-state index contributed by atoms with van der Waals surface area (Å²) in [5, 5.41) is 20.9. The fourth-order valence-electron chi connectivity index (χ4n) is 2.68. The van der Waals surface area contributed by atoms with E-state index >= 15 is 0 Å². The number of hydrogen-bond acceptors (Lipinski definition) is 8. The lowest BCUT2D eigenvalue weighted by atomic mass is 10.0. The average Bonchev–Trinajstić information content (AvgIpc) is 2.77. The molecule has 3 rings (SSSR count). The topological polar surface area (TPSA) is 172 Å². The Bertz CT molecular complexity index is 1150. The highest BCUT2D eigenvalue weighted by Gasteiger charge is 2.25. The molecule has 0 unspecified atom stereocenters. The maximum Gasteiger partial charge on any atom is 0.328 e. The first-order valence-electron chi connectivity index (χ1n) is 6.93. The summed E-state index contributed by atoms with van der Waals surface area (Å²) in [7, 11) is 3.05. The number of nitrogens with zero attached hydrogens (tertiary/aromatic N) is 6. The van der Waals surface area contributed by atoms with E-state index in [1.165, 1.54) is 35.4 Å². The normalized spacial score (nSPS) is 10.8. The van der Waals surface area contributed by atoms with E-state index in [-0.39, 0.29) is 40.0 Å². The molecule has 0 aliphatic heterocycles. The molecule has 0 aliphatic carbocycles. The van der Waals surface area contributed by atoms with Crippen LogP contribution >= 0.6 is 0 Å². The van der Waals surface area contributed by atoms with Gasteiger partial charge in [0.05, 0.1) is 21.5 Å². The molecule has 0 fully saturated rings. The molecule has 4 N–H and O–H groups in total. The van der Waals surface area contributed by atoms with Crippen molar-refractivity contribution in [2.45, 2.75) is 0 Å². The number of nitro benzene ring substituents is 1. The van der Waals surface area contributed by atoms with Gasteiger partial charge in [-0.3, -0.25) is 19.2 Å². The van der Waals surface area contributed by atoms with Crippen LogP contribution in [0.15, 0.2) is 16.9 Å². The minimum absolute atomic E-state index is 0.0241. The Labute approximate surface area is 139 Å². The Balaban J connectivity index is 2.51. The van der Waals surface area contributed by atoms with E-state index in [1.807, 2.05) is 6.07 Å². The van der Waals surface area contributed by atoms with Crippen LogP contribution in [0.5, 0.6) is 0 Å². The number of hydrogen-bond donors (Lipinski definition) is 2. The van der Waals surface area contributed by atoms with Crippen LogP contribution in [0.25, 0.3) is 22.3 Å². The van der Waals surface area contributed by atoms with Gasteiger partial charge in [-0.25, -0.2) is 9.78 Å². The van der Waals surface area contributed by atoms with Crippen LogP contribution in [0.4, 0.5) is 17.5 Å². The van der Waals surface area contributed by atoms with Crippen molar-refractivity contribution in [2.24, 2.45) is 14.1 Å². The highest BCUT2D eigenvalue weighted by Crippen LogP contribution is 2.35. The van der Waals surface area contributed by atoms with Gasteiger partial charge in [0, 0.05) is 20.2 Å². The summed E-state index contributed by atoms with van der Waals surface area (Å²) in [5.74, 6) is -0.399. The monoisotopic (exact) mass is 340 g/mol. The maximum atomic E-state index is 12.1. The maximum absolute atomic E-state index is 12.1. The first-order chi connectivity index (χ1) is 11.8. The molecular weight excluding hydrogens is 328 g/mol. The van der Waals surface area contributed by atoms with Gasteiger partial charge in [0.1, 0.15) is 23.1 Å². The van der Waals surface area contributed by atoms with Crippen molar-refractivity contribution in [3.8, 4) is 17.3 Å². The van der Waals surface area contributed by atoms with Crippen LogP contribution in [-0.4, -0.2) is 24.0 Å². The molecule has 25 heavy (non-hydrogen) atoms. The van der Waals surface area contributed by atoms with Crippen molar-refractivity contribution in [3.05, 3.63) is 38.3 Å². The van der Waals surface area contributed by atoms with Crippen molar-refractivity contribution in [1.29, 1.82) is 5.26 Å². The number of nitro groups is 1. The zero-order valence-electron chi connectivity index (χ0n) is 13.2. The number of nitrogen functional groups attached to an aromatic ring is 2. The molecule has 0 radical (unpaired) electrons. The van der Waals surface area contributed by atoms with Crippen LogP contribution < -0.4 is 17.2 Å². The molecule has 0 saturated heterocycles. The van der Waals surface area contributed by atoms with Gasteiger partial charge in [-0.1, -0.05) is 0 Å². The van der Waals surface area contributed by atoms with E-state index in [9.17, 15) is 20.2 Å². The second kappa shape index (κ2) is 5.31. The third-order valence-electron chi connectivity index (χ3n) is 3.91. The van der Waals surface area contributed by atoms with Crippen LogP contribution in [0.3, 0.4) is 0 Å². The minimum atomic E-state index is -0.623. The highest BCUT2D eigenvalue weighted by molar-refractivity contribution is 5.90. The van der Waals surface area contributed by atoms with Crippen LogP contribution in [-0.2, 0) is 14.1 Å². The summed E-state index contributed by atoms with van der Waals surface area (Å²) in [6.45, 7) is 0. The number of aryl methyl sites for hydroxylation is 2. The molecule has 0 atom stereocenters. The van der Waals surface area contributed by atoms with E-state index in [0.29, 0.717) is 11.0 Å². The summed E-state index contributed by atoms with van der Waals surface area (Å²) >= 11 is 0. The summed E-state index contributed by atoms with van der Waals surface area (Å²) in [4.78, 5) is 30.6. The molecule has 2 aromatic heterocycles. The van der Waals surface area contributed by atoms with Crippen LogP contribution in [0.1, 0.15) is 5.56 Å². The number of benzene rings is 1. The van der Waals surface area contributed by atoms with Crippen molar-refractivity contribution >= 4 is 28.5 Å². The SMILES string of the molecule is Cn1c(=O)n(C)c2cc([N+](=O)[O-])c(-c3nc(N)nc(N)c3C#N)cc21. The van der Waals surface area contributed by atoms with Gasteiger partial charge >= 0.3 is 5.69 Å². The van der Waals surface area contributed by atoms with Gasteiger partial charge in [-0.15, -0.1) is 0 Å². The molecule has 126 valence electrons. The molecule has 3 aromatic rings. The van der Waals surface area contributed by atoms with Crippen LogP contribution in [0, 0.1) is 21.4 Å². The van der Waals surface area contributed by atoms with Crippen molar-refractivity contribution in [1.82, 2.24) is 19.1 Å². The first kappa shape index (κ1) is 15.9. The average molecular weight is 340 g/mol. The largest absolute Gasteiger partial charge is 0.382 e. The molecule has 0 spiro atoms. The predicted octanol–water partition coefficient (Wildman–Crippen LogP) is 0.278. The van der Waals surface area contributed by atoms with Gasteiger partial charge in [0.15, 0.2) is 0 Å². The van der Waals surface area contributed by atoms with Crippen molar-refractivity contribution < 1.29 is 4.92 Å². The third-order valence-corrected chi connectivity index (χ3v) is 3.91. The lowest BCUT2D eigenvalue weighted by Gasteiger charge is -2.08. The molecule has 0 saturated carbocycles. The predicted molar refractivity (Wildman–Crippen MR) is 89.4 cm³/mol. The lowest BCUT2D eigenvalue weighted by Crippen LogP contribution is -2.19. The summed E-state index contributed by atoms with van der Waals surface area (Å²) in [6, 6.07) is 4.50. The van der Waals surface area contributed by atoms with Crippen LogP contribution in [0.2, 0.25) is 0 Å². The fourth-order valence-corrected chi connectivity index (χ4v) is 2.68. The number of imidazole rings is 1. The Morgan fingerprint density at radius 3 is 2.36 bits per heavy atom. The minimum Gasteiger partial charge on any atom is -0.382 e. The zero-order chi connectivity index (χ0) is 18.5. The second-order valence-electron chi connectivity index (χ2n) is 5.32. The Morgan fingerprint density at radius 1 is 1.20 bits per heavy atom. The fraction of sp³-hybridized carbons (Fsp3) is 0.143. The highest BCUT2D eigenvalue weighted by atomic mass is 16.6. The number of fused-ring (bicyclic) bond motifs is 1. The van der Waals surface area contributed by atoms with Crippen molar-refractivity contribution in [3.63, 3.8) is 0 Å². The van der Waals surface area contributed by atoms with Gasteiger partial charge in [0.25, 0.3) is 5.69 Å². The van der Waals surface area contributed by atoms with Crippen molar-refractivity contribution in [2.75, 3.05) is 11.5 Å². The smallest absolute Gasteiger partial charge is 0.328 e. The molecule has 1 aromatic carbocycles. The summed E-state index contributed by atoms with van der Waals surface area (Å²) in [6.07, 6.45) is 0. The van der Waals surface area contributed by atoms with Gasteiger partial charge in [-0.2, -0.15) is 10.2 Å². The van der Waals surface area contributed by atoms with Gasteiger partial charge in [0.2, 0.25) is 5.95 Å². The molecule has 0 bridgehead atoms. The van der Waals surface area contributed by atoms with Gasteiger partial charge in [-0.05, 0) is 6.07 Å². The molecule has 0 amide bonds. The quantitative estimate of drug-likeness (QED) is 0.494. The molecule has 11 nitrogen and oxygen atoms in total. The second-order valence-corrected chi connectivity index (χ2v) is 5.32. The number of nitrogens with two attached hydrogens (primary N) is 2. The molecular formula is C14H12N8O3. The number of anilines is 2. The van der Waals surface area contributed by atoms with Gasteiger partial charge < -0.3 is 11.5 Å². The van der Waals surface area contributed by atoms with E-state index in [0.717, 1.165) is 0 Å². The summed E-state index contributed by atoms with van der Waals surface area (Å²) in [5.41, 5.74) is 11.2. The lowest BCUT2D eigenvalue weighted by molar-refractivity contribution is -0.384. The molecule has 2 heterocycles. The Morgan fingerprint density at radius 2 is 1.80 bits per heavy atom. The number of nitriles is 1. The van der Waals surface area contributed by atoms with E-state index in [1.54, 1.807) is 0 Å². The third kappa shape index (κ3) is 2.24. The standard InChI is InChI=1S/C14H12N8O3/c1-20-9-3-6(11-7(5-15)12(16)19-13(17)18-11)8(22(24)25)4-10(9)21(2)14(20)23/h3-4H,1-2H3,(H4,16,17,18,19). The van der Waals surface area contributed by atoms with E-state index in [2.05, 4.69) is 9.97 Å². The van der Waals surface area contributed by atoms with E-state index < -0.39 is 4.92 Å². The van der Waals surface area contributed by atoms with E-state index in [4.69, 9.17) is 11.5 Å². The molecule has 0 aliphatic rings.